The number of halogens is 1. The first kappa shape index (κ1) is 15.1. The Kier molecular flexibility index (Phi) is 4.94. The molecule has 5 nitrogen and oxygen atoms in total. The first-order valence-electron chi connectivity index (χ1n) is 6.07. The van der Waals surface area contributed by atoms with Crippen molar-refractivity contribution in [3.63, 3.8) is 0 Å². The minimum Gasteiger partial charge on any atom is -0.504 e. The van der Waals surface area contributed by atoms with Crippen molar-refractivity contribution < 1.29 is 14.6 Å². The van der Waals surface area contributed by atoms with E-state index in [1.807, 2.05) is 6.07 Å². The van der Waals surface area contributed by atoms with Crippen LogP contribution < -0.4 is 10.2 Å². The maximum Gasteiger partial charge on any atom is 0.271 e. The SMILES string of the molecule is COc1ccc(Br)c(C=NNC(=O)c2ccccc2)c1O. The van der Waals surface area contributed by atoms with Gasteiger partial charge in [-0.2, -0.15) is 5.10 Å². The van der Waals surface area contributed by atoms with Gasteiger partial charge in [-0.15, -0.1) is 0 Å². The van der Waals surface area contributed by atoms with E-state index in [-0.39, 0.29) is 11.7 Å². The largest absolute Gasteiger partial charge is 0.504 e. The van der Waals surface area contributed by atoms with Crippen molar-refractivity contribution in [2.24, 2.45) is 5.10 Å². The number of hydrogen-bond donors (Lipinski definition) is 2. The maximum absolute atomic E-state index is 11.8. The molecule has 0 aromatic heterocycles. The number of phenolic OH excluding ortho intramolecular Hbond substituents is 1. The van der Waals surface area contributed by atoms with Crippen molar-refractivity contribution in [3.05, 3.63) is 58.1 Å². The minimum atomic E-state index is -0.328. The molecule has 0 aliphatic carbocycles. The van der Waals surface area contributed by atoms with E-state index in [4.69, 9.17) is 4.74 Å². The number of hydrazone groups is 1. The molecule has 0 unspecified atom stereocenters. The lowest BCUT2D eigenvalue weighted by Gasteiger charge is -2.07. The summed E-state index contributed by atoms with van der Waals surface area (Å²) in [6.45, 7) is 0. The monoisotopic (exact) mass is 348 g/mol. The van der Waals surface area contributed by atoms with Crippen molar-refractivity contribution >= 4 is 28.1 Å². The normalized spacial score (nSPS) is 10.6. The molecule has 2 aromatic carbocycles. The van der Waals surface area contributed by atoms with Crippen LogP contribution in [0.4, 0.5) is 0 Å². The number of amides is 1. The van der Waals surface area contributed by atoms with Gasteiger partial charge in [0, 0.05) is 10.0 Å². The number of nitrogens with one attached hydrogen (secondary N) is 1. The lowest BCUT2D eigenvalue weighted by molar-refractivity contribution is 0.0955. The Morgan fingerprint density at radius 2 is 2.00 bits per heavy atom. The number of methoxy groups -OCH3 is 1. The van der Waals surface area contributed by atoms with E-state index >= 15 is 0 Å². The predicted octanol–water partition coefficient (Wildman–Crippen LogP) is 2.93. The number of rotatable bonds is 4. The van der Waals surface area contributed by atoms with Crippen molar-refractivity contribution in [3.8, 4) is 11.5 Å². The first-order chi connectivity index (χ1) is 10.1. The standard InChI is InChI=1S/C15H13BrN2O3/c1-21-13-8-7-12(16)11(14(13)19)9-17-18-15(20)10-5-3-2-4-6-10/h2-9,19H,1H3,(H,18,20). The van der Waals surface area contributed by atoms with Gasteiger partial charge in [0.1, 0.15) is 0 Å². The molecule has 0 saturated heterocycles. The third kappa shape index (κ3) is 3.61. The van der Waals surface area contributed by atoms with Crippen LogP contribution in [0.5, 0.6) is 11.5 Å². The van der Waals surface area contributed by atoms with Crippen LogP contribution in [0.3, 0.4) is 0 Å². The van der Waals surface area contributed by atoms with E-state index in [1.165, 1.54) is 13.3 Å². The lowest BCUT2D eigenvalue weighted by atomic mass is 10.2. The van der Waals surface area contributed by atoms with Crippen LogP contribution >= 0.6 is 15.9 Å². The van der Waals surface area contributed by atoms with Gasteiger partial charge in [0.05, 0.1) is 18.9 Å². The Balaban J connectivity index is 2.14. The summed E-state index contributed by atoms with van der Waals surface area (Å²) in [7, 11) is 1.46. The zero-order valence-electron chi connectivity index (χ0n) is 11.2. The van der Waals surface area contributed by atoms with E-state index in [2.05, 4.69) is 26.5 Å². The van der Waals surface area contributed by atoms with Crippen LogP contribution in [0.2, 0.25) is 0 Å². The molecule has 2 N–H and O–H groups in total. The highest BCUT2D eigenvalue weighted by atomic mass is 79.9. The Labute approximate surface area is 130 Å². The van der Waals surface area contributed by atoms with Gasteiger partial charge < -0.3 is 9.84 Å². The Hall–Kier alpha value is -2.34. The summed E-state index contributed by atoms with van der Waals surface area (Å²) in [5.41, 5.74) is 3.32. The van der Waals surface area contributed by atoms with Gasteiger partial charge in [-0.3, -0.25) is 4.79 Å². The summed E-state index contributed by atoms with van der Waals surface area (Å²) in [5.74, 6) is -0.0519. The number of nitrogens with zero attached hydrogens (tertiary/aromatic N) is 1. The summed E-state index contributed by atoms with van der Waals surface area (Å²) in [6, 6.07) is 12.1. The quantitative estimate of drug-likeness (QED) is 0.659. The molecule has 2 rings (SSSR count). The smallest absolute Gasteiger partial charge is 0.271 e. The second kappa shape index (κ2) is 6.90. The Bertz CT molecular complexity index is 672. The fourth-order valence-corrected chi connectivity index (χ4v) is 2.08. The van der Waals surface area contributed by atoms with Crippen molar-refractivity contribution in [1.29, 1.82) is 0 Å². The zero-order valence-corrected chi connectivity index (χ0v) is 12.8. The molecule has 6 heteroatoms. The highest BCUT2D eigenvalue weighted by Gasteiger charge is 2.10. The second-order valence-electron chi connectivity index (χ2n) is 4.08. The van der Waals surface area contributed by atoms with E-state index in [9.17, 15) is 9.90 Å². The van der Waals surface area contributed by atoms with Gasteiger partial charge in [-0.05, 0) is 40.2 Å². The van der Waals surface area contributed by atoms with Crippen molar-refractivity contribution in [1.82, 2.24) is 5.43 Å². The Morgan fingerprint density at radius 3 is 2.67 bits per heavy atom. The molecule has 0 atom stereocenters. The molecule has 0 aliphatic heterocycles. The zero-order chi connectivity index (χ0) is 15.2. The van der Waals surface area contributed by atoms with Gasteiger partial charge in [-0.25, -0.2) is 5.43 Å². The number of hydrogen-bond acceptors (Lipinski definition) is 4. The van der Waals surface area contributed by atoms with Gasteiger partial charge in [-0.1, -0.05) is 18.2 Å². The van der Waals surface area contributed by atoms with E-state index in [1.54, 1.807) is 36.4 Å². The minimum absolute atomic E-state index is 0.0513. The van der Waals surface area contributed by atoms with Crippen LogP contribution in [0, 0.1) is 0 Å². The molecule has 0 fully saturated rings. The van der Waals surface area contributed by atoms with Crippen LogP contribution in [0.25, 0.3) is 0 Å². The van der Waals surface area contributed by atoms with Crippen molar-refractivity contribution in [2.45, 2.75) is 0 Å². The van der Waals surface area contributed by atoms with Gasteiger partial charge in [0.25, 0.3) is 5.91 Å². The molecule has 0 spiro atoms. The fourth-order valence-electron chi connectivity index (χ4n) is 1.66. The topological polar surface area (TPSA) is 70.9 Å². The summed E-state index contributed by atoms with van der Waals surface area (Å²) >= 11 is 3.30. The molecule has 0 bridgehead atoms. The van der Waals surface area contributed by atoms with Crippen molar-refractivity contribution in [2.75, 3.05) is 7.11 Å². The molecule has 0 radical (unpaired) electrons. The molecule has 21 heavy (non-hydrogen) atoms. The van der Waals surface area contributed by atoms with Crippen LogP contribution in [-0.2, 0) is 0 Å². The summed E-state index contributed by atoms with van der Waals surface area (Å²) in [4.78, 5) is 11.8. The molecule has 108 valence electrons. The molecule has 2 aromatic rings. The first-order valence-corrected chi connectivity index (χ1v) is 6.86. The fraction of sp³-hybridized carbons (Fsp3) is 0.0667. The van der Waals surface area contributed by atoms with E-state index in [0.29, 0.717) is 21.3 Å². The van der Waals surface area contributed by atoms with E-state index in [0.717, 1.165) is 0 Å². The molecule has 0 aliphatic rings. The van der Waals surface area contributed by atoms with Crippen LogP contribution in [0.1, 0.15) is 15.9 Å². The number of benzene rings is 2. The van der Waals surface area contributed by atoms with Gasteiger partial charge in [0.15, 0.2) is 11.5 Å². The average molecular weight is 349 g/mol. The number of ether oxygens (including phenoxy) is 1. The molecule has 1 amide bonds. The predicted molar refractivity (Wildman–Crippen MR) is 83.9 cm³/mol. The number of phenols is 1. The third-order valence-electron chi connectivity index (χ3n) is 2.74. The Morgan fingerprint density at radius 1 is 1.29 bits per heavy atom. The summed E-state index contributed by atoms with van der Waals surface area (Å²) in [5, 5.41) is 13.8. The summed E-state index contributed by atoms with van der Waals surface area (Å²) < 4.78 is 5.66. The van der Waals surface area contributed by atoms with Gasteiger partial charge in [0.2, 0.25) is 0 Å². The highest BCUT2D eigenvalue weighted by molar-refractivity contribution is 9.10. The highest BCUT2D eigenvalue weighted by Crippen LogP contribution is 2.33. The lowest BCUT2D eigenvalue weighted by Crippen LogP contribution is -2.17. The van der Waals surface area contributed by atoms with Crippen LogP contribution in [0.15, 0.2) is 52.0 Å². The number of carbonyl (C=O) groups excluding carboxylic acids is 1. The molecular formula is C15H13BrN2O3. The molecular weight excluding hydrogens is 336 g/mol. The number of carbonyl (C=O) groups is 1. The van der Waals surface area contributed by atoms with E-state index < -0.39 is 0 Å². The van der Waals surface area contributed by atoms with Crippen LogP contribution in [-0.4, -0.2) is 24.3 Å². The average Bonchev–Trinajstić information content (AvgIpc) is 2.51. The number of aromatic hydroxyl groups is 1. The molecule has 0 heterocycles. The second-order valence-corrected chi connectivity index (χ2v) is 4.93. The maximum atomic E-state index is 11.8. The molecule has 0 saturated carbocycles. The summed E-state index contributed by atoms with van der Waals surface area (Å²) in [6.07, 6.45) is 1.35. The third-order valence-corrected chi connectivity index (χ3v) is 3.43. The van der Waals surface area contributed by atoms with Gasteiger partial charge >= 0.3 is 0 Å².